The van der Waals surface area contributed by atoms with Crippen LogP contribution < -0.4 is 16.0 Å². The Bertz CT molecular complexity index is 394. The minimum Gasteiger partial charge on any atom is -0.357 e. The number of hydrogen-bond donors (Lipinski definition) is 3. The highest BCUT2D eigenvalue weighted by Crippen LogP contribution is 1.97. The van der Waals surface area contributed by atoms with Crippen molar-refractivity contribution in [1.29, 1.82) is 0 Å². The molecule has 0 aromatic carbocycles. The van der Waals surface area contributed by atoms with E-state index in [1.165, 1.54) is 0 Å². The first-order valence-electron chi connectivity index (χ1n) is 7.18. The lowest BCUT2D eigenvalue weighted by Gasteiger charge is -2.21. The highest BCUT2D eigenvalue weighted by Gasteiger charge is 2.07. The topological polar surface area (TPSA) is 61.3 Å². The number of aromatic nitrogens is 1. The van der Waals surface area contributed by atoms with Crippen molar-refractivity contribution < 1.29 is 0 Å². The van der Waals surface area contributed by atoms with E-state index in [2.05, 4.69) is 53.6 Å². The Morgan fingerprint density at radius 3 is 2.60 bits per heavy atom. The molecular weight excluding hydrogens is 250 g/mol. The zero-order chi connectivity index (χ0) is 14.8. The molecule has 1 aromatic rings. The highest BCUT2D eigenvalue weighted by atomic mass is 15.2. The molecule has 0 radical (unpaired) electrons. The largest absolute Gasteiger partial charge is 0.357 e. The third-order valence-electron chi connectivity index (χ3n) is 2.54. The van der Waals surface area contributed by atoms with Gasteiger partial charge in [-0.25, -0.2) is 4.99 Å². The lowest BCUT2D eigenvalue weighted by Crippen LogP contribution is -2.44. The highest BCUT2D eigenvalue weighted by molar-refractivity contribution is 5.79. The molecule has 20 heavy (non-hydrogen) atoms. The summed E-state index contributed by atoms with van der Waals surface area (Å²) in [5, 5.41) is 9.98. The first kappa shape index (κ1) is 16.4. The summed E-state index contributed by atoms with van der Waals surface area (Å²) < 4.78 is 0. The molecule has 3 N–H and O–H groups in total. The number of aliphatic imine (C=N–C) groups is 1. The minimum atomic E-state index is 0.144. The lowest BCUT2D eigenvalue weighted by molar-refractivity contribution is 0.428. The van der Waals surface area contributed by atoms with E-state index in [9.17, 15) is 0 Å². The van der Waals surface area contributed by atoms with Crippen LogP contribution in [0.4, 0.5) is 0 Å². The molecule has 0 spiro atoms. The number of pyridine rings is 1. The molecule has 0 saturated heterocycles. The number of nitrogens with zero attached hydrogens (tertiary/aromatic N) is 2. The quantitative estimate of drug-likeness (QED) is 0.419. The predicted octanol–water partition coefficient (Wildman–Crippen LogP) is 1.52. The number of nitrogens with one attached hydrogen (secondary N) is 3. The van der Waals surface area contributed by atoms with Crippen molar-refractivity contribution in [2.75, 3.05) is 19.6 Å². The Balaban J connectivity index is 2.39. The Hall–Kier alpha value is -1.62. The monoisotopic (exact) mass is 277 g/mol. The summed E-state index contributed by atoms with van der Waals surface area (Å²) in [6.07, 6.45) is 1.79. The molecule has 0 fully saturated rings. The van der Waals surface area contributed by atoms with Crippen LogP contribution in [-0.2, 0) is 6.54 Å². The first-order chi connectivity index (χ1) is 9.51. The second kappa shape index (κ2) is 8.53. The van der Waals surface area contributed by atoms with Gasteiger partial charge < -0.3 is 16.0 Å². The van der Waals surface area contributed by atoms with Crippen LogP contribution in [0.25, 0.3) is 0 Å². The van der Waals surface area contributed by atoms with Crippen molar-refractivity contribution in [1.82, 2.24) is 20.9 Å². The molecule has 1 rings (SSSR count). The maximum atomic E-state index is 4.52. The zero-order valence-electron chi connectivity index (χ0n) is 13.0. The van der Waals surface area contributed by atoms with Gasteiger partial charge in [0.25, 0.3) is 0 Å². The Labute approximate surface area is 122 Å². The molecule has 0 saturated carbocycles. The van der Waals surface area contributed by atoms with Crippen LogP contribution in [0.5, 0.6) is 0 Å². The smallest absolute Gasteiger partial charge is 0.191 e. The van der Waals surface area contributed by atoms with E-state index in [0.29, 0.717) is 6.54 Å². The molecule has 5 nitrogen and oxygen atoms in total. The summed E-state index contributed by atoms with van der Waals surface area (Å²) in [5.41, 5.74) is 1.11. The van der Waals surface area contributed by atoms with Crippen LogP contribution in [0.1, 0.15) is 33.4 Å². The summed E-state index contributed by atoms with van der Waals surface area (Å²) in [7, 11) is 0. The summed E-state index contributed by atoms with van der Waals surface area (Å²) in [4.78, 5) is 8.79. The molecule has 1 aromatic heterocycles. The maximum Gasteiger partial charge on any atom is 0.191 e. The third kappa shape index (κ3) is 7.74. The van der Waals surface area contributed by atoms with Gasteiger partial charge in [-0.15, -0.1) is 0 Å². The second-order valence-electron chi connectivity index (χ2n) is 5.62. The molecule has 0 bridgehead atoms. The molecule has 0 aliphatic rings. The average molecular weight is 277 g/mol. The van der Waals surface area contributed by atoms with E-state index in [4.69, 9.17) is 0 Å². The SMILES string of the molecule is CCNC(=NCc1ccccn1)NCCNC(C)(C)C. The van der Waals surface area contributed by atoms with Crippen molar-refractivity contribution in [3.05, 3.63) is 30.1 Å². The van der Waals surface area contributed by atoms with Gasteiger partial charge >= 0.3 is 0 Å². The fourth-order valence-electron chi connectivity index (χ4n) is 1.61. The van der Waals surface area contributed by atoms with Gasteiger partial charge in [-0.1, -0.05) is 6.07 Å². The van der Waals surface area contributed by atoms with Crippen LogP contribution in [0.2, 0.25) is 0 Å². The molecule has 0 amide bonds. The Kier molecular flexibility index (Phi) is 7.01. The van der Waals surface area contributed by atoms with E-state index < -0.39 is 0 Å². The van der Waals surface area contributed by atoms with E-state index >= 15 is 0 Å². The first-order valence-corrected chi connectivity index (χ1v) is 7.18. The van der Waals surface area contributed by atoms with Gasteiger partial charge in [-0.2, -0.15) is 0 Å². The molecule has 5 heteroatoms. The number of rotatable bonds is 6. The minimum absolute atomic E-state index is 0.144. The van der Waals surface area contributed by atoms with Crippen molar-refractivity contribution in [2.24, 2.45) is 4.99 Å². The predicted molar refractivity (Wildman–Crippen MR) is 84.8 cm³/mol. The van der Waals surface area contributed by atoms with Gasteiger partial charge in [0.15, 0.2) is 5.96 Å². The standard InChI is InChI=1S/C15H27N5/c1-5-16-14(18-10-11-20-15(2,3)4)19-12-13-8-6-7-9-17-13/h6-9,20H,5,10-12H2,1-4H3,(H2,16,18,19). The van der Waals surface area contributed by atoms with Crippen molar-refractivity contribution in [3.63, 3.8) is 0 Å². The van der Waals surface area contributed by atoms with Gasteiger partial charge in [-0.05, 0) is 39.8 Å². The fraction of sp³-hybridized carbons (Fsp3) is 0.600. The normalized spacial score (nSPS) is 12.3. The van der Waals surface area contributed by atoms with Gasteiger partial charge in [0, 0.05) is 31.4 Å². The second-order valence-corrected chi connectivity index (χ2v) is 5.62. The number of hydrogen-bond acceptors (Lipinski definition) is 3. The van der Waals surface area contributed by atoms with E-state index in [1.807, 2.05) is 18.2 Å². The van der Waals surface area contributed by atoms with Gasteiger partial charge in [-0.3, -0.25) is 4.98 Å². The average Bonchev–Trinajstić information content (AvgIpc) is 2.41. The summed E-state index contributed by atoms with van der Waals surface area (Å²) >= 11 is 0. The molecule has 0 aliphatic heterocycles. The molecule has 0 atom stereocenters. The van der Waals surface area contributed by atoms with E-state index in [-0.39, 0.29) is 5.54 Å². The van der Waals surface area contributed by atoms with Crippen molar-refractivity contribution in [3.8, 4) is 0 Å². The third-order valence-corrected chi connectivity index (χ3v) is 2.54. The van der Waals surface area contributed by atoms with E-state index in [0.717, 1.165) is 31.3 Å². The van der Waals surface area contributed by atoms with Crippen LogP contribution in [0.3, 0.4) is 0 Å². The fourth-order valence-corrected chi connectivity index (χ4v) is 1.61. The van der Waals surface area contributed by atoms with Crippen LogP contribution in [0, 0.1) is 0 Å². The van der Waals surface area contributed by atoms with Crippen LogP contribution in [-0.4, -0.2) is 36.1 Å². The zero-order valence-corrected chi connectivity index (χ0v) is 13.0. The Morgan fingerprint density at radius 2 is 2.00 bits per heavy atom. The van der Waals surface area contributed by atoms with Crippen molar-refractivity contribution >= 4 is 5.96 Å². The van der Waals surface area contributed by atoms with Gasteiger partial charge in [0.05, 0.1) is 12.2 Å². The molecule has 0 aliphatic carbocycles. The van der Waals surface area contributed by atoms with Crippen molar-refractivity contribution in [2.45, 2.75) is 39.8 Å². The summed E-state index contributed by atoms with van der Waals surface area (Å²) in [6, 6.07) is 5.87. The lowest BCUT2D eigenvalue weighted by atomic mass is 10.1. The summed E-state index contributed by atoms with van der Waals surface area (Å²) in [6.45, 7) is 11.7. The number of guanidine groups is 1. The summed E-state index contributed by atoms with van der Waals surface area (Å²) in [5.74, 6) is 0.828. The van der Waals surface area contributed by atoms with Crippen LogP contribution in [0.15, 0.2) is 29.4 Å². The Morgan fingerprint density at radius 1 is 1.20 bits per heavy atom. The molecular formula is C15H27N5. The maximum absolute atomic E-state index is 4.52. The van der Waals surface area contributed by atoms with Gasteiger partial charge in [0.1, 0.15) is 0 Å². The molecule has 1 heterocycles. The molecule has 112 valence electrons. The van der Waals surface area contributed by atoms with Crippen LogP contribution >= 0.6 is 0 Å². The van der Waals surface area contributed by atoms with Gasteiger partial charge in [0.2, 0.25) is 0 Å². The van der Waals surface area contributed by atoms with E-state index in [1.54, 1.807) is 6.20 Å². The molecule has 0 unspecified atom stereocenters.